The Bertz CT molecular complexity index is 388. The van der Waals surface area contributed by atoms with E-state index in [0.717, 1.165) is 28.1 Å². The quantitative estimate of drug-likeness (QED) is 0.634. The van der Waals surface area contributed by atoms with Crippen LogP contribution in [0.15, 0.2) is 6.20 Å². The second-order valence-electron chi connectivity index (χ2n) is 4.40. The molecule has 0 radical (unpaired) electrons. The predicted octanol–water partition coefficient (Wildman–Crippen LogP) is 4.10. The summed E-state index contributed by atoms with van der Waals surface area (Å²) in [6.45, 7) is 1.99. The van der Waals surface area contributed by atoms with Crippen molar-refractivity contribution in [1.82, 2.24) is 4.98 Å². The van der Waals surface area contributed by atoms with E-state index in [0.29, 0.717) is 6.42 Å². The molecule has 1 N–H and O–H groups in total. The average Bonchev–Trinajstić information content (AvgIpc) is 2.96. The highest BCUT2D eigenvalue weighted by atomic mass is 33.1. The van der Waals surface area contributed by atoms with Crippen molar-refractivity contribution in [1.29, 1.82) is 0 Å². The molecule has 0 saturated carbocycles. The molecule has 1 atom stereocenters. The summed E-state index contributed by atoms with van der Waals surface area (Å²) in [4.78, 5) is 16.9. The fourth-order valence-corrected chi connectivity index (χ4v) is 5.52. The Morgan fingerprint density at radius 2 is 2.44 bits per heavy atom. The van der Waals surface area contributed by atoms with E-state index in [2.05, 4.69) is 10.3 Å². The van der Waals surface area contributed by atoms with Crippen LogP contribution in [0, 0.1) is 6.92 Å². The normalized spacial score (nSPS) is 19.1. The molecule has 2 rings (SSSR count). The van der Waals surface area contributed by atoms with Crippen molar-refractivity contribution in [2.75, 3.05) is 11.1 Å². The van der Waals surface area contributed by atoms with E-state index in [1.165, 1.54) is 29.9 Å². The van der Waals surface area contributed by atoms with Gasteiger partial charge in [0.05, 0.1) is 0 Å². The van der Waals surface area contributed by atoms with Gasteiger partial charge >= 0.3 is 0 Å². The van der Waals surface area contributed by atoms with Crippen molar-refractivity contribution in [2.24, 2.45) is 0 Å². The van der Waals surface area contributed by atoms with Gasteiger partial charge in [-0.1, -0.05) is 28.0 Å². The lowest BCUT2D eigenvalue weighted by Crippen LogP contribution is -2.11. The molecule has 0 bridgehead atoms. The summed E-state index contributed by atoms with van der Waals surface area (Å²) in [6.07, 6.45) is 7.13. The zero-order chi connectivity index (χ0) is 12.8. The number of amides is 1. The fraction of sp³-hybridized carbons (Fsp3) is 0.667. The lowest BCUT2D eigenvalue weighted by atomic mass is 10.1. The van der Waals surface area contributed by atoms with Crippen LogP contribution in [0.25, 0.3) is 0 Å². The van der Waals surface area contributed by atoms with Gasteiger partial charge in [-0.25, -0.2) is 4.98 Å². The summed E-state index contributed by atoms with van der Waals surface area (Å²) in [5.41, 5.74) is 0. The van der Waals surface area contributed by atoms with E-state index in [4.69, 9.17) is 0 Å². The highest BCUT2D eigenvalue weighted by Gasteiger charge is 2.15. The Labute approximate surface area is 120 Å². The third-order valence-electron chi connectivity index (χ3n) is 2.77. The SMILES string of the molecule is Cc1cnc(NC(=O)CCCC[C@@H]2CCSS2)s1. The first-order valence-corrected chi connectivity index (χ1v) is 9.44. The molecule has 0 unspecified atom stereocenters. The molecule has 1 aliphatic rings. The Kier molecular flexibility index (Phi) is 5.85. The number of hydrogen-bond acceptors (Lipinski definition) is 5. The number of aryl methyl sites for hydroxylation is 1. The van der Waals surface area contributed by atoms with Gasteiger partial charge in [-0.2, -0.15) is 0 Å². The number of carbonyl (C=O) groups is 1. The standard InChI is InChI=1S/C12H18N2OS3/c1-9-8-13-12(17-9)14-11(15)5-3-2-4-10-6-7-16-18-10/h8,10H,2-7H2,1H3,(H,13,14,15)/t10-/m1/s1. The van der Waals surface area contributed by atoms with E-state index in [1.54, 1.807) is 6.20 Å². The Morgan fingerprint density at radius 1 is 1.56 bits per heavy atom. The zero-order valence-corrected chi connectivity index (χ0v) is 12.9. The first kappa shape index (κ1) is 14.2. The number of unbranched alkanes of at least 4 members (excludes halogenated alkanes) is 1. The van der Waals surface area contributed by atoms with Gasteiger partial charge in [0.1, 0.15) is 0 Å². The van der Waals surface area contributed by atoms with Gasteiger partial charge in [0.15, 0.2) is 5.13 Å². The van der Waals surface area contributed by atoms with Crippen LogP contribution in [0.3, 0.4) is 0 Å². The van der Waals surface area contributed by atoms with Gasteiger partial charge in [0.25, 0.3) is 0 Å². The summed E-state index contributed by atoms with van der Waals surface area (Å²) in [5.74, 6) is 1.39. The minimum Gasteiger partial charge on any atom is -0.302 e. The van der Waals surface area contributed by atoms with Crippen molar-refractivity contribution < 1.29 is 4.79 Å². The van der Waals surface area contributed by atoms with Gasteiger partial charge in [-0.3, -0.25) is 4.79 Å². The van der Waals surface area contributed by atoms with Crippen molar-refractivity contribution >= 4 is 44.0 Å². The van der Waals surface area contributed by atoms with Crippen LogP contribution in [-0.2, 0) is 4.79 Å². The maximum absolute atomic E-state index is 11.7. The first-order valence-electron chi connectivity index (χ1n) is 6.24. The third-order valence-corrected chi connectivity index (χ3v) is 6.61. The molecule has 18 heavy (non-hydrogen) atoms. The van der Waals surface area contributed by atoms with Crippen LogP contribution in [0.1, 0.15) is 37.0 Å². The van der Waals surface area contributed by atoms with Gasteiger partial charge in [-0.15, -0.1) is 11.3 Å². The molecule has 1 amide bonds. The molecule has 1 aromatic rings. The van der Waals surface area contributed by atoms with Crippen LogP contribution in [0.5, 0.6) is 0 Å². The molecule has 0 spiro atoms. The van der Waals surface area contributed by atoms with E-state index in [1.807, 2.05) is 28.5 Å². The number of nitrogens with zero attached hydrogens (tertiary/aromatic N) is 1. The number of carbonyl (C=O) groups excluding carboxylic acids is 1. The molecule has 6 heteroatoms. The Hall–Kier alpha value is -0.200. The molecule has 1 saturated heterocycles. The number of nitrogens with one attached hydrogen (secondary N) is 1. The molecule has 3 nitrogen and oxygen atoms in total. The number of rotatable bonds is 6. The second kappa shape index (κ2) is 7.40. The number of thiazole rings is 1. The lowest BCUT2D eigenvalue weighted by Gasteiger charge is -2.06. The van der Waals surface area contributed by atoms with Crippen LogP contribution in [0.2, 0.25) is 0 Å². The minimum absolute atomic E-state index is 0.0952. The first-order chi connectivity index (χ1) is 8.74. The summed E-state index contributed by atoms with van der Waals surface area (Å²) >= 11 is 1.53. The Balaban J connectivity index is 1.57. The van der Waals surface area contributed by atoms with Gasteiger partial charge < -0.3 is 5.32 Å². The highest BCUT2D eigenvalue weighted by Crippen LogP contribution is 2.39. The predicted molar refractivity (Wildman–Crippen MR) is 82.4 cm³/mol. The fourth-order valence-electron chi connectivity index (χ4n) is 1.82. The molecule has 1 aromatic heterocycles. The summed E-state index contributed by atoms with van der Waals surface area (Å²) in [7, 11) is 4.00. The van der Waals surface area contributed by atoms with Crippen molar-refractivity contribution in [3.05, 3.63) is 11.1 Å². The second-order valence-corrected chi connectivity index (χ2v) is 8.42. The molecular weight excluding hydrogens is 284 g/mol. The number of anilines is 1. The van der Waals surface area contributed by atoms with E-state index >= 15 is 0 Å². The molecule has 1 fully saturated rings. The Morgan fingerprint density at radius 3 is 3.11 bits per heavy atom. The van der Waals surface area contributed by atoms with Crippen molar-refractivity contribution in [3.63, 3.8) is 0 Å². The summed E-state index contributed by atoms with van der Waals surface area (Å²) in [5, 5.41) is 4.39. The largest absolute Gasteiger partial charge is 0.302 e. The number of aromatic nitrogens is 1. The molecule has 2 heterocycles. The van der Waals surface area contributed by atoms with Crippen LogP contribution in [-0.4, -0.2) is 21.9 Å². The number of hydrogen-bond donors (Lipinski definition) is 1. The third kappa shape index (κ3) is 4.82. The van der Waals surface area contributed by atoms with Crippen LogP contribution in [0.4, 0.5) is 5.13 Å². The average molecular weight is 302 g/mol. The summed E-state index contributed by atoms with van der Waals surface area (Å²) < 4.78 is 0. The molecule has 0 aromatic carbocycles. The van der Waals surface area contributed by atoms with E-state index < -0.39 is 0 Å². The summed E-state index contributed by atoms with van der Waals surface area (Å²) in [6, 6.07) is 0. The molecule has 0 aliphatic carbocycles. The molecule has 100 valence electrons. The van der Waals surface area contributed by atoms with Crippen molar-refractivity contribution in [3.8, 4) is 0 Å². The van der Waals surface area contributed by atoms with E-state index in [-0.39, 0.29) is 5.91 Å². The smallest absolute Gasteiger partial charge is 0.226 e. The van der Waals surface area contributed by atoms with Gasteiger partial charge in [-0.05, 0) is 26.2 Å². The van der Waals surface area contributed by atoms with Gasteiger partial charge in [0, 0.05) is 28.5 Å². The topological polar surface area (TPSA) is 42.0 Å². The monoisotopic (exact) mass is 302 g/mol. The van der Waals surface area contributed by atoms with Crippen molar-refractivity contribution in [2.45, 2.75) is 44.3 Å². The molecule has 1 aliphatic heterocycles. The highest BCUT2D eigenvalue weighted by molar-refractivity contribution is 8.77. The lowest BCUT2D eigenvalue weighted by molar-refractivity contribution is -0.116. The van der Waals surface area contributed by atoms with Crippen LogP contribution < -0.4 is 5.32 Å². The zero-order valence-electron chi connectivity index (χ0n) is 10.5. The minimum atomic E-state index is 0.0952. The maximum atomic E-state index is 11.7. The molecular formula is C12H18N2OS3. The van der Waals surface area contributed by atoms with Crippen LogP contribution >= 0.6 is 32.9 Å². The van der Waals surface area contributed by atoms with E-state index in [9.17, 15) is 4.79 Å². The van der Waals surface area contributed by atoms with Gasteiger partial charge in [0.2, 0.25) is 5.91 Å². The maximum Gasteiger partial charge on any atom is 0.226 e.